The molecule has 0 unspecified atom stereocenters. The highest BCUT2D eigenvalue weighted by Crippen LogP contribution is 2.41. The van der Waals surface area contributed by atoms with E-state index < -0.39 is 11.4 Å². The highest BCUT2D eigenvalue weighted by Gasteiger charge is 2.40. The largest absolute Gasteiger partial charge is 0.494 e. The minimum absolute atomic E-state index is 0.481. The Morgan fingerprint density at radius 3 is 2.53 bits per heavy atom. The van der Waals surface area contributed by atoms with Crippen LogP contribution in [0.1, 0.15) is 43.2 Å². The monoisotopic (exact) mass is 262 g/mol. The Morgan fingerprint density at radius 2 is 1.95 bits per heavy atom. The molecule has 0 atom stereocenters. The second kappa shape index (κ2) is 5.64. The van der Waals surface area contributed by atoms with Gasteiger partial charge in [-0.05, 0) is 56.4 Å². The average Bonchev–Trinajstić information content (AvgIpc) is 2.84. The van der Waals surface area contributed by atoms with Crippen LogP contribution in [0.3, 0.4) is 0 Å². The predicted molar refractivity (Wildman–Crippen MR) is 74.6 cm³/mol. The Bertz CT molecular complexity index is 459. The summed E-state index contributed by atoms with van der Waals surface area (Å²) in [5, 5.41) is 9.39. The highest BCUT2D eigenvalue weighted by molar-refractivity contribution is 5.74. The van der Waals surface area contributed by atoms with E-state index in [-0.39, 0.29) is 0 Å². The van der Waals surface area contributed by atoms with Gasteiger partial charge in [-0.15, -0.1) is 0 Å². The zero-order valence-electron chi connectivity index (χ0n) is 11.7. The van der Waals surface area contributed by atoms with Crippen LogP contribution in [0.25, 0.3) is 0 Å². The van der Waals surface area contributed by atoms with E-state index in [2.05, 4.69) is 13.8 Å². The van der Waals surface area contributed by atoms with Crippen molar-refractivity contribution in [1.29, 1.82) is 0 Å². The van der Waals surface area contributed by atoms with Crippen molar-refractivity contribution in [2.75, 3.05) is 6.61 Å². The van der Waals surface area contributed by atoms with E-state index in [1.807, 2.05) is 18.2 Å². The van der Waals surface area contributed by atoms with Crippen LogP contribution in [0.4, 0.5) is 0 Å². The van der Waals surface area contributed by atoms with E-state index in [0.717, 1.165) is 31.4 Å². The Hall–Kier alpha value is -1.51. The number of carboxylic acid groups (broad SMARTS) is 1. The number of carboxylic acids is 1. The minimum Gasteiger partial charge on any atom is -0.494 e. The van der Waals surface area contributed by atoms with Gasteiger partial charge in [0.25, 0.3) is 0 Å². The molecule has 1 aliphatic rings. The van der Waals surface area contributed by atoms with Gasteiger partial charge < -0.3 is 9.84 Å². The summed E-state index contributed by atoms with van der Waals surface area (Å²) in [6, 6.07) is 6.00. The van der Waals surface area contributed by atoms with Crippen molar-refractivity contribution >= 4 is 5.97 Å². The first-order chi connectivity index (χ1) is 9.03. The molecular formula is C16H22O3. The fourth-order valence-corrected chi connectivity index (χ4v) is 2.79. The number of aliphatic carboxylic acids is 1. The van der Waals surface area contributed by atoms with Crippen molar-refractivity contribution in [3.63, 3.8) is 0 Å². The average molecular weight is 262 g/mol. The van der Waals surface area contributed by atoms with Crippen LogP contribution >= 0.6 is 0 Å². The molecule has 0 heterocycles. The SMILES string of the molecule is Cc1ccc(OCCC2(C(=O)O)CCCC2)cc1C. The number of hydrogen-bond donors (Lipinski definition) is 1. The maximum atomic E-state index is 11.4. The molecule has 0 radical (unpaired) electrons. The predicted octanol–water partition coefficient (Wildman–Crippen LogP) is 3.72. The molecule has 0 amide bonds. The van der Waals surface area contributed by atoms with Gasteiger partial charge in [-0.3, -0.25) is 4.79 Å². The fourth-order valence-electron chi connectivity index (χ4n) is 2.79. The van der Waals surface area contributed by atoms with E-state index in [0.29, 0.717) is 13.0 Å². The third-order valence-corrected chi connectivity index (χ3v) is 4.34. The standard InChI is InChI=1S/C16H22O3/c1-12-5-6-14(11-13(12)2)19-10-9-16(15(17)18)7-3-4-8-16/h5-6,11H,3-4,7-10H2,1-2H3,(H,17,18). The van der Waals surface area contributed by atoms with Crippen molar-refractivity contribution in [3.8, 4) is 5.75 Å². The number of carbonyl (C=O) groups is 1. The molecule has 19 heavy (non-hydrogen) atoms. The molecule has 0 aromatic heterocycles. The number of rotatable bonds is 5. The molecule has 0 spiro atoms. The summed E-state index contributed by atoms with van der Waals surface area (Å²) in [6.07, 6.45) is 4.23. The molecule has 2 rings (SSSR count). The zero-order valence-corrected chi connectivity index (χ0v) is 11.7. The zero-order chi connectivity index (χ0) is 13.9. The van der Waals surface area contributed by atoms with Crippen LogP contribution in [0.15, 0.2) is 18.2 Å². The smallest absolute Gasteiger partial charge is 0.309 e. The lowest BCUT2D eigenvalue weighted by Gasteiger charge is -2.23. The number of hydrogen-bond acceptors (Lipinski definition) is 2. The molecule has 104 valence electrons. The Balaban J connectivity index is 1.92. The first-order valence-electron chi connectivity index (χ1n) is 6.97. The Labute approximate surface area is 114 Å². The molecule has 1 saturated carbocycles. The normalized spacial score (nSPS) is 17.4. The molecule has 1 N–H and O–H groups in total. The van der Waals surface area contributed by atoms with Crippen LogP contribution in [0, 0.1) is 19.3 Å². The van der Waals surface area contributed by atoms with Gasteiger partial charge in [0, 0.05) is 0 Å². The van der Waals surface area contributed by atoms with Crippen molar-refractivity contribution in [2.45, 2.75) is 46.0 Å². The van der Waals surface area contributed by atoms with Crippen molar-refractivity contribution in [3.05, 3.63) is 29.3 Å². The van der Waals surface area contributed by atoms with Gasteiger partial charge in [0.05, 0.1) is 12.0 Å². The quantitative estimate of drug-likeness (QED) is 0.879. The van der Waals surface area contributed by atoms with Gasteiger partial charge in [-0.1, -0.05) is 18.9 Å². The number of benzene rings is 1. The van der Waals surface area contributed by atoms with Crippen LogP contribution in [-0.2, 0) is 4.79 Å². The highest BCUT2D eigenvalue weighted by atomic mass is 16.5. The second-order valence-corrected chi connectivity index (χ2v) is 5.64. The minimum atomic E-state index is -0.659. The summed E-state index contributed by atoms with van der Waals surface area (Å²) in [4.78, 5) is 11.4. The lowest BCUT2D eigenvalue weighted by molar-refractivity contribution is -0.149. The fraction of sp³-hybridized carbons (Fsp3) is 0.562. The molecule has 1 aliphatic carbocycles. The van der Waals surface area contributed by atoms with Crippen LogP contribution in [0.2, 0.25) is 0 Å². The maximum absolute atomic E-state index is 11.4. The van der Waals surface area contributed by atoms with E-state index in [1.54, 1.807) is 0 Å². The third kappa shape index (κ3) is 3.09. The van der Waals surface area contributed by atoms with Crippen LogP contribution in [-0.4, -0.2) is 17.7 Å². The molecule has 1 fully saturated rings. The number of aryl methyl sites for hydroxylation is 2. The molecule has 0 aliphatic heterocycles. The van der Waals surface area contributed by atoms with Crippen molar-refractivity contribution in [2.24, 2.45) is 5.41 Å². The van der Waals surface area contributed by atoms with E-state index >= 15 is 0 Å². The molecule has 3 nitrogen and oxygen atoms in total. The Kier molecular flexibility index (Phi) is 4.13. The first-order valence-corrected chi connectivity index (χ1v) is 6.97. The van der Waals surface area contributed by atoms with E-state index in [1.165, 1.54) is 11.1 Å². The van der Waals surface area contributed by atoms with Gasteiger partial charge in [0.1, 0.15) is 5.75 Å². The molecular weight excluding hydrogens is 240 g/mol. The van der Waals surface area contributed by atoms with Crippen molar-refractivity contribution in [1.82, 2.24) is 0 Å². The van der Waals surface area contributed by atoms with Gasteiger partial charge in [-0.25, -0.2) is 0 Å². The van der Waals surface area contributed by atoms with Gasteiger partial charge in [0.2, 0.25) is 0 Å². The molecule has 3 heteroatoms. The van der Waals surface area contributed by atoms with E-state index in [9.17, 15) is 9.90 Å². The number of ether oxygens (including phenoxy) is 1. The molecule has 1 aromatic carbocycles. The van der Waals surface area contributed by atoms with Gasteiger partial charge >= 0.3 is 5.97 Å². The Morgan fingerprint density at radius 1 is 1.26 bits per heavy atom. The van der Waals surface area contributed by atoms with Crippen LogP contribution in [0.5, 0.6) is 5.75 Å². The topological polar surface area (TPSA) is 46.5 Å². The molecule has 0 bridgehead atoms. The van der Waals surface area contributed by atoms with Gasteiger partial charge in [0.15, 0.2) is 0 Å². The lowest BCUT2D eigenvalue weighted by atomic mass is 9.83. The molecule has 1 aromatic rings. The van der Waals surface area contributed by atoms with Crippen molar-refractivity contribution < 1.29 is 14.6 Å². The van der Waals surface area contributed by atoms with Crippen LogP contribution < -0.4 is 4.74 Å². The van der Waals surface area contributed by atoms with Gasteiger partial charge in [-0.2, -0.15) is 0 Å². The molecule has 0 saturated heterocycles. The second-order valence-electron chi connectivity index (χ2n) is 5.64. The maximum Gasteiger partial charge on any atom is 0.309 e. The summed E-state index contributed by atoms with van der Waals surface area (Å²) < 4.78 is 5.72. The lowest BCUT2D eigenvalue weighted by Crippen LogP contribution is -2.29. The summed E-state index contributed by atoms with van der Waals surface area (Å²) in [6.45, 7) is 4.60. The summed E-state index contributed by atoms with van der Waals surface area (Å²) >= 11 is 0. The van der Waals surface area contributed by atoms with E-state index in [4.69, 9.17) is 4.74 Å². The first kappa shape index (κ1) is 13.9. The third-order valence-electron chi connectivity index (χ3n) is 4.34. The summed E-state index contributed by atoms with van der Waals surface area (Å²) in [5.41, 5.74) is 1.90. The summed E-state index contributed by atoms with van der Waals surface area (Å²) in [5.74, 6) is 0.176. The summed E-state index contributed by atoms with van der Waals surface area (Å²) in [7, 11) is 0.